The number of aromatic nitrogens is 1. The van der Waals surface area contributed by atoms with Crippen molar-refractivity contribution in [2.75, 3.05) is 4.72 Å². The molecule has 4 nitrogen and oxygen atoms in total. The molecule has 0 saturated carbocycles. The molecule has 0 bridgehead atoms. The molecule has 1 N–H and O–H groups in total. The maximum Gasteiger partial charge on any atom is 0.262 e. The van der Waals surface area contributed by atoms with Gasteiger partial charge in [-0.2, -0.15) is 18.2 Å². The number of benzene rings is 1. The number of pyridine rings is 1. The molecule has 0 aliphatic carbocycles. The smallest absolute Gasteiger partial charge is 0.262 e. The molecular formula is C14H12ClF3N2O2S. The molecule has 2 rings (SSSR count). The summed E-state index contributed by atoms with van der Waals surface area (Å²) < 4.78 is 66.1. The van der Waals surface area contributed by atoms with Gasteiger partial charge >= 0.3 is 0 Å². The molecule has 0 unspecified atom stereocenters. The van der Waals surface area contributed by atoms with E-state index in [1.54, 1.807) is 16.9 Å². The zero-order chi connectivity index (χ0) is 17.2. The van der Waals surface area contributed by atoms with Crippen molar-refractivity contribution in [1.82, 2.24) is 4.98 Å². The van der Waals surface area contributed by atoms with Gasteiger partial charge in [-0.15, -0.1) is 0 Å². The van der Waals surface area contributed by atoms with Gasteiger partial charge in [-0.3, -0.25) is 4.72 Å². The van der Waals surface area contributed by atoms with Crippen LogP contribution in [0.15, 0.2) is 29.2 Å². The summed E-state index contributed by atoms with van der Waals surface area (Å²) in [6.07, 6.45) is 1.66. The molecule has 0 fully saturated rings. The minimum absolute atomic E-state index is 0.189. The Bertz CT molecular complexity index is 801. The number of rotatable bonds is 5. The monoisotopic (exact) mass is 364 g/mol. The predicted molar refractivity (Wildman–Crippen MR) is 80.4 cm³/mol. The molecule has 0 spiro atoms. The van der Waals surface area contributed by atoms with Gasteiger partial charge in [-0.25, -0.2) is 8.42 Å². The molecule has 1 heterocycles. The summed E-state index contributed by atoms with van der Waals surface area (Å²) in [6.45, 7) is 1.98. The largest absolute Gasteiger partial charge is 0.275 e. The molecule has 23 heavy (non-hydrogen) atoms. The average molecular weight is 365 g/mol. The van der Waals surface area contributed by atoms with Crippen LogP contribution < -0.4 is 4.72 Å². The summed E-state index contributed by atoms with van der Waals surface area (Å²) in [5.41, 5.74) is -0.0917. The fourth-order valence-electron chi connectivity index (χ4n) is 1.89. The van der Waals surface area contributed by atoms with Gasteiger partial charge in [0.1, 0.15) is 10.7 Å². The fourth-order valence-corrected chi connectivity index (χ4v) is 3.19. The van der Waals surface area contributed by atoms with Gasteiger partial charge < -0.3 is 0 Å². The molecule has 0 saturated heterocycles. The van der Waals surface area contributed by atoms with Crippen molar-refractivity contribution in [3.05, 3.63) is 52.6 Å². The van der Waals surface area contributed by atoms with Gasteiger partial charge in [-0.1, -0.05) is 37.1 Å². The Hall–Kier alpha value is -1.80. The van der Waals surface area contributed by atoms with Gasteiger partial charge in [0.2, 0.25) is 11.8 Å². The maximum absolute atomic E-state index is 13.6. The highest BCUT2D eigenvalue weighted by Crippen LogP contribution is 2.30. The second-order valence-electron chi connectivity index (χ2n) is 4.70. The quantitative estimate of drug-likeness (QED) is 0.818. The lowest BCUT2D eigenvalue weighted by molar-refractivity contribution is 0.451. The molecule has 0 amide bonds. The van der Waals surface area contributed by atoms with E-state index in [0.717, 1.165) is 18.4 Å². The molecule has 0 radical (unpaired) electrons. The number of sulfonamides is 1. The van der Waals surface area contributed by atoms with E-state index < -0.39 is 38.4 Å². The first kappa shape index (κ1) is 17.6. The van der Waals surface area contributed by atoms with Gasteiger partial charge in [0.25, 0.3) is 16.0 Å². The summed E-state index contributed by atoms with van der Waals surface area (Å²) in [4.78, 5) is 2.40. The number of hydrogen-bond acceptors (Lipinski definition) is 3. The third-order valence-electron chi connectivity index (χ3n) is 3.01. The number of nitrogens with one attached hydrogen (secondary N) is 1. The van der Waals surface area contributed by atoms with Crippen LogP contribution in [0.3, 0.4) is 0 Å². The maximum atomic E-state index is 13.6. The van der Waals surface area contributed by atoms with E-state index in [1.807, 2.05) is 6.92 Å². The standard InChI is InChI=1S/C14H12ClF3N2O2S/c1-2-3-8-4-6-9(7-5-8)23(21,22)20-12-10(15)13(17)19-14(18)11(12)16/h4-7H,2-3H2,1H3,(H,19,20). The molecule has 2 aromatic rings. The minimum atomic E-state index is -4.26. The predicted octanol–water partition coefficient (Wildman–Crippen LogP) is 3.91. The van der Waals surface area contributed by atoms with Gasteiger partial charge in [0.15, 0.2) is 0 Å². The third kappa shape index (κ3) is 3.76. The Morgan fingerprint density at radius 2 is 1.74 bits per heavy atom. The topological polar surface area (TPSA) is 59.1 Å². The Morgan fingerprint density at radius 1 is 1.13 bits per heavy atom. The molecule has 0 atom stereocenters. The summed E-state index contributed by atoms with van der Waals surface area (Å²) in [7, 11) is -4.26. The molecule has 124 valence electrons. The van der Waals surface area contributed by atoms with Gasteiger partial charge in [0, 0.05) is 0 Å². The molecule has 0 aliphatic heterocycles. The molecule has 0 aliphatic rings. The number of nitrogens with zero attached hydrogens (tertiary/aromatic N) is 1. The van der Waals surface area contributed by atoms with Crippen molar-refractivity contribution in [2.24, 2.45) is 0 Å². The first-order valence-corrected chi connectivity index (χ1v) is 8.44. The second-order valence-corrected chi connectivity index (χ2v) is 6.76. The van der Waals surface area contributed by atoms with Crippen molar-refractivity contribution in [3.63, 3.8) is 0 Å². The Kier molecular flexibility index (Phi) is 5.16. The zero-order valence-electron chi connectivity index (χ0n) is 11.9. The second kappa shape index (κ2) is 6.76. The molecule has 9 heteroatoms. The zero-order valence-corrected chi connectivity index (χ0v) is 13.5. The van der Waals surface area contributed by atoms with Crippen LogP contribution in [0.1, 0.15) is 18.9 Å². The van der Waals surface area contributed by atoms with E-state index in [0.29, 0.717) is 0 Å². The first-order valence-electron chi connectivity index (χ1n) is 6.58. The Morgan fingerprint density at radius 3 is 2.30 bits per heavy atom. The third-order valence-corrected chi connectivity index (χ3v) is 4.72. The molecule has 1 aromatic carbocycles. The van der Waals surface area contributed by atoms with E-state index in [2.05, 4.69) is 4.98 Å². The van der Waals surface area contributed by atoms with Gasteiger partial charge in [-0.05, 0) is 24.1 Å². The van der Waals surface area contributed by atoms with Crippen LogP contribution >= 0.6 is 11.6 Å². The first-order chi connectivity index (χ1) is 10.8. The van der Waals surface area contributed by atoms with E-state index in [4.69, 9.17) is 11.6 Å². The SMILES string of the molecule is CCCc1ccc(S(=O)(=O)Nc2c(F)c(F)nc(F)c2Cl)cc1. The number of halogens is 4. The van der Waals surface area contributed by atoms with Crippen molar-refractivity contribution < 1.29 is 21.6 Å². The van der Waals surface area contributed by atoms with Crippen LogP contribution in [-0.4, -0.2) is 13.4 Å². The number of anilines is 1. The summed E-state index contributed by atoms with van der Waals surface area (Å²) in [5, 5.41) is -0.949. The lowest BCUT2D eigenvalue weighted by Gasteiger charge is -2.11. The summed E-state index contributed by atoms with van der Waals surface area (Å²) >= 11 is 5.46. The van der Waals surface area contributed by atoms with Crippen molar-refractivity contribution in [3.8, 4) is 0 Å². The Balaban J connectivity index is 2.39. The van der Waals surface area contributed by atoms with E-state index >= 15 is 0 Å². The van der Waals surface area contributed by atoms with Crippen LogP contribution in [-0.2, 0) is 16.4 Å². The van der Waals surface area contributed by atoms with Crippen molar-refractivity contribution in [1.29, 1.82) is 0 Å². The van der Waals surface area contributed by atoms with E-state index in [1.165, 1.54) is 12.1 Å². The van der Waals surface area contributed by atoms with Crippen LogP contribution in [0.5, 0.6) is 0 Å². The normalized spacial score (nSPS) is 11.5. The molecular weight excluding hydrogens is 353 g/mol. The van der Waals surface area contributed by atoms with Crippen molar-refractivity contribution >= 4 is 27.3 Å². The van der Waals surface area contributed by atoms with Crippen LogP contribution in [0.4, 0.5) is 18.9 Å². The van der Waals surface area contributed by atoms with E-state index in [-0.39, 0.29) is 4.90 Å². The average Bonchev–Trinajstić information content (AvgIpc) is 2.50. The number of aryl methyl sites for hydroxylation is 1. The highest BCUT2D eigenvalue weighted by Gasteiger charge is 2.24. The lowest BCUT2D eigenvalue weighted by Crippen LogP contribution is -2.16. The molecule has 1 aromatic heterocycles. The van der Waals surface area contributed by atoms with Crippen LogP contribution in [0.2, 0.25) is 5.02 Å². The van der Waals surface area contributed by atoms with E-state index in [9.17, 15) is 21.6 Å². The highest BCUT2D eigenvalue weighted by atomic mass is 35.5. The fraction of sp³-hybridized carbons (Fsp3) is 0.214. The van der Waals surface area contributed by atoms with Gasteiger partial charge in [0.05, 0.1) is 4.90 Å². The van der Waals surface area contributed by atoms with Crippen LogP contribution in [0, 0.1) is 17.7 Å². The van der Waals surface area contributed by atoms with Crippen molar-refractivity contribution in [2.45, 2.75) is 24.7 Å². The summed E-state index contributed by atoms with van der Waals surface area (Å²) in [5.74, 6) is -4.98. The van der Waals surface area contributed by atoms with Crippen LogP contribution in [0.25, 0.3) is 0 Å². The Labute approximate surface area is 136 Å². The highest BCUT2D eigenvalue weighted by molar-refractivity contribution is 7.92. The summed E-state index contributed by atoms with van der Waals surface area (Å²) in [6, 6.07) is 5.83. The lowest BCUT2D eigenvalue weighted by atomic mass is 10.1. The number of hydrogen-bond donors (Lipinski definition) is 1. The minimum Gasteiger partial charge on any atom is -0.275 e.